The van der Waals surface area contributed by atoms with Crippen molar-refractivity contribution >= 4 is 11.1 Å². The molecule has 0 radical (unpaired) electrons. The topological polar surface area (TPSA) is 104 Å². The zero-order valence-corrected chi connectivity index (χ0v) is 14.5. The van der Waals surface area contributed by atoms with Crippen LogP contribution in [0.1, 0.15) is 75.0 Å². The molecule has 130 valence electrons. The van der Waals surface area contributed by atoms with Crippen molar-refractivity contribution < 1.29 is 9.05 Å². The van der Waals surface area contributed by atoms with Gasteiger partial charge in [-0.05, 0) is 44.1 Å². The van der Waals surface area contributed by atoms with Crippen LogP contribution in [-0.4, -0.2) is 20.3 Å². The maximum absolute atomic E-state index is 6.35. The summed E-state index contributed by atoms with van der Waals surface area (Å²) in [5.41, 5.74) is 9.19. The molecular formula is C18H21N5O2. The van der Waals surface area contributed by atoms with Gasteiger partial charge in [0.1, 0.15) is 0 Å². The molecule has 2 N–H and O–H groups in total. The van der Waals surface area contributed by atoms with Crippen LogP contribution < -0.4 is 5.73 Å². The average molecular weight is 339 g/mol. The van der Waals surface area contributed by atoms with Gasteiger partial charge in [-0.15, -0.1) is 0 Å². The number of fused-ring (bicyclic) bond motifs is 1. The van der Waals surface area contributed by atoms with Gasteiger partial charge in [0.05, 0.1) is 22.2 Å². The van der Waals surface area contributed by atoms with E-state index >= 15 is 0 Å². The second kappa shape index (κ2) is 5.11. The summed E-state index contributed by atoms with van der Waals surface area (Å²) in [6.45, 7) is 4.16. The second-order valence-electron chi connectivity index (χ2n) is 7.70. The Morgan fingerprint density at radius 1 is 1.16 bits per heavy atom. The molecule has 2 saturated carbocycles. The maximum atomic E-state index is 6.35. The monoisotopic (exact) mass is 339 g/mol. The fourth-order valence-corrected chi connectivity index (χ4v) is 3.46. The largest absolute Gasteiger partial charge is 0.335 e. The van der Waals surface area contributed by atoms with Crippen LogP contribution in [-0.2, 0) is 5.54 Å². The highest BCUT2D eigenvalue weighted by Gasteiger charge is 2.39. The quantitative estimate of drug-likeness (QED) is 0.774. The van der Waals surface area contributed by atoms with E-state index in [1.165, 1.54) is 0 Å². The first-order chi connectivity index (χ1) is 12.0. The number of hydrogen-bond acceptors (Lipinski definition) is 7. The van der Waals surface area contributed by atoms with Crippen molar-refractivity contribution in [3.8, 4) is 11.5 Å². The van der Waals surface area contributed by atoms with Gasteiger partial charge < -0.3 is 14.8 Å². The zero-order chi connectivity index (χ0) is 17.2. The molecule has 0 amide bonds. The first kappa shape index (κ1) is 15.0. The Hall–Kier alpha value is -2.28. The van der Waals surface area contributed by atoms with Crippen LogP contribution in [0.3, 0.4) is 0 Å². The van der Waals surface area contributed by atoms with E-state index in [0.29, 0.717) is 23.3 Å². The van der Waals surface area contributed by atoms with Crippen molar-refractivity contribution in [2.75, 3.05) is 0 Å². The lowest BCUT2D eigenvalue weighted by Gasteiger charge is -2.34. The van der Waals surface area contributed by atoms with Gasteiger partial charge in [-0.2, -0.15) is 4.98 Å². The van der Waals surface area contributed by atoms with Crippen LogP contribution in [0.15, 0.2) is 15.1 Å². The Bertz CT molecular complexity index is 950. The van der Waals surface area contributed by atoms with E-state index in [9.17, 15) is 0 Å². The summed E-state index contributed by atoms with van der Waals surface area (Å²) in [6, 6.07) is 2.06. The predicted octanol–water partition coefficient (Wildman–Crippen LogP) is 3.61. The molecule has 0 bridgehead atoms. The minimum Gasteiger partial charge on any atom is -0.335 e. The minimum absolute atomic E-state index is 0.212. The second-order valence-corrected chi connectivity index (χ2v) is 7.70. The van der Waals surface area contributed by atoms with Crippen molar-refractivity contribution in [1.82, 2.24) is 20.3 Å². The fourth-order valence-electron chi connectivity index (χ4n) is 3.46. The van der Waals surface area contributed by atoms with Crippen LogP contribution in [0.5, 0.6) is 0 Å². The molecule has 2 aliphatic carbocycles. The van der Waals surface area contributed by atoms with Gasteiger partial charge in [-0.3, -0.25) is 0 Å². The summed E-state index contributed by atoms with van der Waals surface area (Å²) in [6.07, 6.45) is 5.22. The summed E-state index contributed by atoms with van der Waals surface area (Å²) in [5.74, 6) is 1.77. The van der Waals surface area contributed by atoms with Crippen LogP contribution in [0.2, 0.25) is 0 Å². The third-order valence-electron chi connectivity index (χ3n) is 5.38. The lowest BCUT2D eigenvalue weighted by atomic mass is 9.77. The third-order valence-corrected chi connectivity index (χ3v) is 5.38. The van der Waals surface area contributed by atoms with E-state index in [1.807, 2.05) is 0 Å². The van der Waals surface area contributed by atoms with Crippen molar-refractivity contribution in [3.63, 3.8) is 0 Å². The van der Waals surface area contributed by atoms with Crippen LogP contribution in [0, 0.1) is 0 Å². The zero-order valence-electron chi connectivity index (χ0n) is 14.5. The third kappa shape index (κ3) is 2.29. The molecule has 5 rings (SSSR count). The van der Waals surface area contributed by atoms with E-state index in [-0.39, 0.29) is 5.92 Å². The number of aromatic nitrogens is 4. The van der Waals surface area contributed by atoms with E-state index in [0.717, 1.165) is 54.4 Å². The Morgan fingerprint density at radius 3 is 2.60 bits per heavy atom. The summed E-state index contributed by atoms with van der Waals surface area (Å²) >= 11 is 0. The van der Waals surface area contributed by atoms with Crippen molar-refractivity contribution in [1.29, 1.82) is 0 Å². The molecule has 0 unspecified atom stereocenters. The molecule has 2 aliphatic rings. The highest BCUT2D eigenvalue weighted by molar-refractivity contribution is 5.92. The fraction of sp³-hybridized carbons (Fsp3) is 0.556. The normalized spacial score (nSPS) is 19.5. The van der Waals surface area contributed by atoms with Gasteiger partial charge >= 0.3 is 0 Å². The number of rotatable bonds is 4. The molecule has 0 aliphatic heterocycles. The minimum atomic E-state index is -0.442. The molecule has 3 aromatic heterocycles. The summed E-state index contributed by atoms with van der Waals surface area (Å²) < 4.78 is 11.1. The molecular weight excluding hydrogens is 318 g/mol. The van der Waals surface area contributed by atoms with E-state index in [4.69, 9.17) is 14.8 Å². The molecule has 25 heavy (non-hydrogen) atoms. The highest BCUT2D eigenvalue weighted by atomic mass is 16.5. The number of pyridine rings is 1. The summed E-state index contributed by atoms with van der Waals surface area (Å²) in [4.78, 5) is 9.29. The number of nitrogens with two attached hydrogens (primary N) is 1. The van der Waals surface area contributed by atoms with E-state index in [2.05, 4.69) is 40.2 Å². The van der Waals surface area contributed by atoms with Crippen molar-refractivity contribution in [3.05, 3.63) is 23.3 Å². The summed E-state index contributed by atoms with van der Waals surface area (Å²) in [5, 5.41) is 9.26. The average Bonchev–Trinajstić information content (AvgIpc) is 3.14. The van der Waals surface area contributed by atoms with Gasteiger partial charge in [0.15, 0.2) is 5.82 Å². The number of nitrogens with zero attached hydrogens (tertiary/aromatic N) is 4. The summed E-state index contributed by atoms with van der Waals surface area (Å²) in [7, 11) is 0. The van der Waals surface area contributed by atoms with Crippen LogP contribution in [0.25, 0.3) is 22.6 Å². The van der Waals surface area contributed by atoms with Crippen LogP contribution in [0.4, 0.5) is 0 Å². The lowest BCUT2D eigenvalue weighted by molar-refractivity contribution is 0.229. The van der Waals surface area contributed by atoms with Crippen LogP contribution >= 0.6 is 0 Å². The van der Waals surface area contributed by atoms with Gasteiger partial charge in [-0.25, -0.2) is 4.98 Å². The highest BCUT2D eigenvalue weighted by Crippen LogP contribution is 2.43. The Labute approximate surface area is 145 Å². The number of hydrogen-bond donors (Lipinski definition) is 1. The molecule has 3 heterocycles. The molecule has 0 saturated heterocycles. The Morgan fingerprint density at radius 2 is 1.96 bits per heavy atom. The molecule has 0 atom stereocenters. The van der Waals surface area contributed by atoms with Gasteiger partial charge in [0, 0.05) is 11.6 Å². The van der Waals surface area contributed by atoms with Gasteiger partial charge in [-0.1, -0.05) is 24.2 Å². The first-order valence-corrected chi connectivity index (χ1v) is 8.99. The van der Waals surface area contributed by atoms with Gasteiger partial charge in [0.25, 0.3) is 11.6 Å². The first-order valence-electron chi connectivity index (χ1n) is 8.99. The Kier molecular flexibility index (Phi) is 3.07. The SMILES string of the molecule is CC(C)c1noc2nc(C3CC3)cc(-c3nc(C4(N)CCC4)no3)c12. The predicted molar refractivity (Wildman–Crippen MR) is 90.9 cm³/mol. The molecule has 7 heteroatoms. The molecule has 0 spiro atoms. The lowest BCUT2D eigenvalue weighted by Crippen LogP contribution is -2.44. The van der Waals surface area contributed by atoms with E-state index < -0.39 is 5.54 Å². The van der Waals surface area contributed by atoms with Crippen molar-refractivity contribution in [2.45, 2.75) is 63.3 Å². The Balaban J connectivity index is 1.69. The molecule has 7 nitrogen and oxygen atoms in total. The maximum Gasteiger partial charge on any atom is 0.259 e. The standard InChI is InChI=1S/C18H21N5O2/c1-9(2)14-13-11(8-12(10-4-5-10)20-16(13)25-22-14)15-21-17(23-24-15)18(19)6-3-7-18/h8-10H,3-7,19H2,1-2H3. The smallest absolute Gasteiger partial charge is 0.259 e. The molecule has 2 fully saturated rings. The van der Waals surface area contributed by atoms with Crippen molar-refractivity contribution in [2.24, 2.45) is 5.73 Å². The van der Waals surface area contributed by atoms with Gasteiger partial charge in [0.2, 0.25) is 0 Å². The van der Waals surface area contributed by atoms with E-state index in [1.54, 1.807) is 0 Å². The molecule has 0 aromatic carbocycles. The molecule has 3 aromatic rings.